The highest BCUT2D eigenvalue weighted by atomic mass is 16.3. The van der Waals surface area contributed by atoms with Crippen molar-refractivity contribution in [2.24, 2.45) is 47.0 Å². The Labute approximate surface area is 200 Å². The zero-order chi connectivity index (χ0) is 26.0. The quantitative estimate of drug-likeness (QED) is 0.307. The van der Waals surface area contributed by atoms with Gasteiger partial charge in [-0.05, 0) is 48.3 Å². The molecule has 0 spiro atoms. The molecule has 6 N–H and O–H groups in total. The van der Waals surface area contributed by atoms with Gasteiger partial charge in [0.1, 0.15) is 5.75 Å². The van der Waals surface area contributed by atoms with Crippen molar-refractivity contribution in [2.45, 2.75) is 32.3 Å². The van der Waals surface area contributed by atoms with Gasteiger partial charge in [-0.25, -0.2) is 0 Å². The third-order valence-corrected chi connectivity index (χ3v) is 7.52. The molecule has 0 saturated heterocycles. The van der Waals surface area contributed by atoms with E-state index in [0.717, 1.165) is 0 Å². The van der Waals surface area contributed by atoms with Gasteiger partial charge in [0.2, 0.25) is 5.91 Å². The maximum atomic E-state index is 13.7. The molecule has 2 amide bonds. The Hall–Kier alpha value is -3.84. The Bertz CT molecular complexity index is 1290. The molecule has 10 nitrogen and oxygen atoms in total. The number of benzene rings is 1. The van der Waals surface area contributed by atoms with E-state index in [1.54, 1.807) is 13.8 Å². The van der Waals surface area contributed by atoms with E-state index in [2.05, 4.69) is 11.8 Å². The summed E-state index contributed by atoms with van der Waals surface area (Å²) in [5.41, 5.74) is 8.03. The van der Waals surface area contributed by atoms with Crippen molar-refractivity contribution in [1.29, 1.82) is 0 Å². The van der Waals surface area contributed by atoms with Gasteiger partial charge >= 0.3 is 0 Å². The fraction of sp³-hybridized carbons (Fsp3) is 0.440. The van der Waals surface area contributed by atoms with E-state index in [1.807, 2.05) is 0 Å². The largest absolute Gasteiger partial charge is 0.507 e. The van der Waals surface area contributed by atoms with Crippen LogP contribution in [0.15, 0.2) is 12.1 Å². The first-order valence-electron chi connectivity index (χ1n) is 11.2. The van der Waals surface area contributed by atoms with Crippen LogP contribution in [-0.2, 0) is 30.4 Å². The molecule has 2 unspecified atom stereocenters. The summed E-state index contributed by atoms with van der Waals surface area (Å²) in [6, 6.07) is 2.61. The summed E-state index contributed by atoms with van der Waals surface area (Å²) < 4.78 is 0. The van der Waals surface area contributed by atoms with E-state index in [-0.39, 0.29) is 24.0 Å². The van der Waals surface area contributed by atoms with Gasteiger partial charge in [0.05, 0.1) is 11.5 Å². The number of hydrogen-bond donors (Lipinski definition) is 4. The molecule has 2 saturated carbocycles. The number of phenolic OH excluding ortho intramolecular Hbond substituents is 1. The number of amides is 2. The van der Waals surface area contributed by atoms with Crippen LogP contribution in [0.1, 0.15) is 41.8 Å². The lowest BCUT2D eigenvalue weighted by molar-refractivity contribution is -0.182. The molecule has 0 aliphatic heterocycles. The van der Waals surface area contributed by atoms with Gasteiger partial charge in [0, 0.05) is 17.4 Å². The van der Waals surface area contributed by atoms with Crippen molar-refractivity contribution < 1.29 is 39.0 Å². The average Bonchev–Trinajstić information content (AvgIpc) is 2.75. The molecule has 0 aromatic heterocycles. The van der Waals surface area contributed by atoms with Crippen LogP contribution in [0.2, 0.25) is 0 Å². The molecule has 10 heteroatoms. The van der Waals surface area contributed by atoms with E-state index in [0.29, 0.717) is 5.56 Å². The predicted octanol–water partition coefficient (Wildman–Crippen LogP) is -0.954. The molecule has 35 heavy (non-hydrogen) atoms. The number of carbonyl (C=O) groups is 6. The number of ketones is 4. The second-order valence-corrected chi connectivity index (χ2v) is 9.75. The first kappa shape index (κ1) is 24.3. The third-order valence-electron chi connectivity index (χ3n) is 7.52. The number of hydrogen-bond acceptors (Lipinski definition) is 8. The van der Waals surface area contributed by atoms with Gasteiger partial charge in [-0.3, -0.25) is 28.8 Å². The summed E-state index contributed by atoms with van der Waals surface area (Å²) in [5.74, 6) is -8.57. The summed E-state index contributed by atoms with van der Waals surface area (Å²) in [4.78, 5) is 76.6. The number of rotatable bonds is 2. The highest BCUT2D eigenvalue weighted by molar-refractivity contribution is 6.31. The van der Waals surface area contributed by atoms with Gasteiger partial charge in [0.25, 0.3) is 5.91 Å². The number of phenols is 1. The molecule has 4 rings (SSSR count). The molecule has 0 bridgehead atoms. The lowest BCUT2D eigenvalue weighted by Gasteiger charge is -2.52. The smallest absolute Gasteiger partial charge is 0.293 e. The molecule has 0 radical (unpaired) electrons. The first-order chi connectivity index (χ1) is 16.3. The Morgan fingerprint density at radius 2 is 1.77 bits per heavy atom. The number of Topliss-reactive ketones (excluding diaryl/α,β-unsaturated/α-hetero) is 4. The van der Waals surface area contributed by atoms with Crippen LogP contribution >= 0.6 is 0 Å². The SMILES string of the molecule is CC(C)[C@@H]1C(=O)C(C(N)=O)C(=O)[C@@]2(O)C(=O)C3C(=O)c4c(O)ccc(C#CC(N)=O)c4C[C@H]3C[C@@H]12. The van der Waals surface area contributed by atoms with Crippen LogP contribution in [0.25, 0.3) is 0 Å². The maximum absolute atomic E-state index is 13.7. The average molecular weight is 480 g/mol. The highest BCUT2D eigenvalue weighted by Gasteiger charge is 2.69. The molecule has 1 aromatic rings. The van der Waals surface area contributed by atoms with Gasteiger partial charge < -0.3 is 21.7 Å². The fourth-order valence-electron chi connectivity index (χ4n) is 6.10. The minimum atomic E-state index is -2.74. The number of primary amides is 2. The molecule has 182 valence electrons. The van der Waals surface area contributed by atoms with Crippen molar-refractivity contribution in [2.75, 3.05) is 0 Å². The zero-order valence-electron chi connectivity index (χ0n) is 19.0. The second-order valence-electron chi connectivity index (χ2n) is 9.75. The molecule has 3 aliphatic rings. The first-order valence-corrected chi connectivity index (χ1v) is 11.2. The fourth-order valence-corrected chi connectivity index (χ4v) is 6.10. The van der Waals surface area contributed by atoms with E-state index >= 15 is 0 Å². The molecular formula is C25H24N2O8. The second kappa shape index (κ2) is 8.13. The predicted molar refractivity (Wildman–Crippen MR) is 118 cm³/mol. The van der Waals surface area contributed by atoms with Crippen molar-refractivity contribution >= 4 is 34.9 Å². The van der Waals surface area contributed by atoms with Gasteiger partial charge in [-0.15, -0.1) is 0 Å². The Balaban J connectivity index is 1.88. The van der Waals surface area contributed by atoms with E-state index in [9.17, 15) is 39.0 Å². The van der Waals surface area contributed by atoms with Crippen LogP contribution in [0.4, 0.5) is 0 Å². The minimum Gasteiger partial charge on any atom is -0.507 e. The number of carbonyl (C=O) groups excluding carboxylic acids is 6. The van der Waals surface area contributed by atoms with Gasteiger partial charge in [-0.1, -0.05) is 19.8 Å². The van der Waals surface area contributed by atoms with E-state index in [4.69, 9.17) is 11.5 Å². The lowest BCUT2D eigenvalue weighted by atomic mass is 9.49. The zero-order valence-corrected chi connectivity index (χ0v) is 19.0. The van der Waals surface area contributed by atoms with Crippen LogP contribution in [0, 0.1) is 47.3 Å². The standard InChI is InChI=1S/C25H24N2O8/c1-9(2)16-13-8-11-7-12-10(4-6-15(26)29)3-5-14(28)18(12)21(31)17(11)22(32)25(13,35)23(33)19(20(16)30)24(27)34/h3,5,9,11,13,16-17,19,28,35H,7-8H2,1-2H3,(H2,26,29)(H2,27,34)/t11-,13-,16-,17?,19?,25-/m0/s1. The van der Waals surface area contributed by atoms with E-state index < -0.39 is 81.8 Å². The maximum Gasteiger partial charge on any atom is 0.293 e. The van der Waals surface area contributed by atoms with Gasteiger partial charge in [0.15, 0.2) is 34.7 Å². The van der Waals surface area contributed by atoms with Gasteiger partial charge in [-0.2, -0.15) is 0 Å². The molecule has 1 aromatic carbocycles. The van der Waals surface area contributed by atoms with Crippen molar-refractivity contribution in [3.05, 3.63) is 28.8 Å². The molecule has 3 aliphatic carbocycles. The summed E-state index contributed by atoms with van der Waals surface area (Å²) in [6.45, 7) is 3.34. The van der Waals surface area contributed by atoms with Crippen LogP contribution in [0.3, 0.4) is 0 Å². The highest BCUT2D eigenvalue weighted by Crippen LogP contribution is 2.53. The van der Waals surface area contributed by atoms with Crippen molar-refractivity contribution in [1.82, 2.24) is 0 Å². The van der Waals surface area contributed by atoms with Crippen LogP contribution < -0.4 is 11.5 Å². The van der Waals surface area contributed by atoms with Crippen molar-refractivity contribution in [3.63, 3.8) is 0 Å². The topological polar surface area (TPSA) is 195 Å². The summed E-state index contributed by atoms with van der Waals surface area (Å²) in [7, 11) is 0. The third kappa shape index (κ3) is 3.38. The number of aromatic hydroxyl groups is 1. The lowest BCUT2D eigenvalue weighted by Crippen LogP contribution is -2.71. The summed E-state index contributed by atoms with van der Waals surface area (Å²) in [6.07, 6.45) is 0.0237. The van der Waals surface area contributed by atoms with Crippen LogP contribution in [-0.4, -0.2) is 50.8 Å². The minimum absolute atomic E-state index is 0.0394. The normalized spacial score (nSPS) is 31.7. The monoisotopic (exact) mass is 480 g/mol. The Morgan fingerprint density at radius 3 is 2.34 bits per heavy atom. The summed E-state index contributed by atoms with van der Waals surface area (Å²) >= 11 is 0. The number of aliphatic hydroxyl groups is 1. The molecule has 6 atom stereocenters. The molecule has 0 heterocycles. The Kier molecular flexibility index (Phi) is 5.64. The van der Waals surface area contributed by atoms with Crippen LogP contribution in [0.5, 0.6) is 5.75 Å². The summed E-state index contributed by atoms with van der Waals surface area (Å²) in [5, 5.41) is 21.9. The van der Waals surface area contributed by atoms with Crippen molar-refractivity contribution in [3.8, 4) is 17.6 Å². The van der Waals surface area contributed by atoms with E-state index in [1.165, 1.54) is 12.1 Å². The molecular weight excluding hydrogens is 456 g/mol. The number of nitrogens with two attached hydrogens (primary N) is 2. The Morgan fingerprint density at radius 1 is 1.11 bits per heavy atom. The molecule has 2 fully saturated rings. The number of fused-ring (bicyclic) bond motifs is 3.